The lowest BCUT2D eigenvalue weighted by atomic mass is 10.1. The molecule has 0 radical (unpaired) electrons. The van der Waals surface area contributed by atoms with Gasteiger partial charge in [-0.15, -0.1) is 10.2 Å². The number of hydrogen-bond acceptors (Lipinski definition) is 8. The van der Waals surface area contributed by atoms with Crippen LogP contribution in [0.25, 0.3) is 0 Å². The Morgan fingerprint density at radius 1 is 1.21 bits per heavy atom. The lowest BCUT2D eigenvalue weighted by Crippen LogP contribution is -1.97. The summed E-state index contributed by atoms with van der Waals surface area (Å²) in [6.45, 7) is 6.25. The quantitative estimate of drug-likeness (QED) is 0.625. The van der Waals surface area contributed by atoms with E-state index in [1.165, 1.54) is 22.5 Å². The number of benzene rings is 1. The summed E-state index contributed by atoms with van der Waals surface area (Å²) in [6, 6.07) is 6.31. The van der Waals surface area contributed by atoms with E-state index < -0.39 is 0 Å². The second kappa shape index (κ2) is 7.76. The zero-order valence-electron chi connectivity index (χ0n) is 13.9. The average molecular weight is 361 g/mol. The van der Waals surface area contributed by atoms with Crippen LogP contribution in [-0.4, -0.2) is 20.3 Å². The van der Waals surface area contributed by atoms with Gasteiger partial charge in [0.15, 0.2) is 10.2 Å². The minimum Gasteiger partial charge on any atom is -0.338 e. The van der Waals surface area contributed by atoms with E-state index >= 15 is 0 Å². The van der Waals surface area contributed by atoms with E-state index in [1.54, 1.807) is 11.8 Å². The van der Waals surface area contributed by atoms with Crippen molar-refractivity contribution in [3.63, 3.8) is 0 Å². The van der Waals surface area contributed by atoms with Crippen molar-refractivity contribution in [1.29, 1.82) is 0 Å². The Morgan fingerprint density at radius 2 is 2.08 bits per heavy atom. The molecule has 0 spiro atoms. The highest BCUT2D eigenvalue weighted by Gasteiger charge is 2.11. The smallest absolute Gasteiger partial charge is 0.237 e. The van der Waals surface area contributed by atoms with Gasteiger partial charge in [-0.25, -0.2) is 0 Å². The second-order valence-corrected chi connectivity index (χ2v) is 7.41. The van der Waals surface area contributed by atoms with Crippen molar-refractivity contribution in [3.05, 3.63) is 41.0 Å². The number of aromatic nitrogens is 4. The van der Waals surface area contributed by atoms with Crippen LogP contribution >= 0.6 is 23.1 Å². The molecule has 0 saturated heterocycles. The number of nitrogens with one attached hydrogen (secondary N) is 1. The van der Waals surface area contributed by atoms with E-state index in [-0.39, 0.29) is 0 Å². The molecule has 24 heavy (non-hydrogen) atoms. The Bertz CT molecular complexity index is 814. The van der Waals surface area contributed by atoms with Crippen LogP contribution in [0, 0.1) is 6.92 Å². The van der Waals surface area contributed by atoms with Gasteiger partial charge in [-0.05, 0) is 24.5 Å². The summed E-state index contributed by atoms with van der Waals surface area (Å²) in [5, 5.41) is 16.5. The van der Waals surface area contributed by atoms with Gasteiger partial charge in [-0.3, -0.25) is 0 Å². The van der Waals surface area contributed by atoms with E-state index in [2.05, 4.69) is 57.7 Å². The molecule has 3 aromatic rings. The van der Waals surface area contributed by atoms with Crippen LogP contribution in [0.1, 0.15) is 36.7 Å². The fraction of sp³-hybridized carbons (Fsp3) is 0.375. The van der Waals surface area contributed by atoms with Crippen LogP contribution < -0.4 is 5.32 Å². The minimum absolute atomic E-state index is 0.603. The summed E-state index contributed by atoms with van der Waals surface area (Å²) in [6.07, 6.45) is 1.75. The van der Waals surface area contributed by atoms with Crippen molar-refractivity contribution in [2.24, 2.45) is 0 Å². The molecule has 1 aromatic carbocycles. The molecule has 1 N–H and O–H groups in total. The largest absolute Gasteiger partial charge is 0.338 e. The SMILES string of the molecule is CCc1noc(CSc2nnc(Nc3c(C)cccc3CC)s2)n1. The highest BCUT2D eigenvalue weighted by molar-refractivity contribution is 8.00. The van der Waals surface area contributed by atoms with Gasteiger partial charge in [0.2, 0.25) is 11.0 Å². The number of hydrogen-bond donors (Lipinski definition) is 1. The molecule has 6 nitrogen and oxygen atoms in total. The van der Waals surface area contributed by atoms with E-state index in [4.69, 9.17) is 4.52 Å². The van der Waals surface area contributed by atoms with Crippen molar-refractivity contribution in [1.82, 2.24) is 20.3 Å². The van der Waals surface area contributed by atoms with Crippen molar-refractivity contribution in [2.75, 3.05) is 5.32 Å². The lowest BCUT2D eigenvalue weighted by molar-refractivity contribution is 0.385. The minimum atomic E-state index is 0.603. The van der Waals surface area contributed by atoms with Crippen LogP contribution in [-0.2, 0) is 18.6 Å². The fourth-order valence-electron chi connectivity index (χ4n) is 2.24. The van der Waals surface area contributed by atoms with E-state index in [1.807, 2.05) is 6.92 Å². The van der Waals surface area contributed by atoms with Gasteiger partial charge in [0.1, 0.15) is 0 Å². The molecule has 0 saturated carbocycles. The molecule has 0 amide bonds. The Labute approximate surface area is 149 Å². The van der Waals surface area contributed by atoms with Gasteiger partial charge >= 0.3 is 0 Å². The summed E-state index contributed by atoms with van der Waals surface area (Å²) in [5.41, 5.74) is 3.60. The molecule has 0 aliphatic rings. The molecule has 0 aliphatic heterocycles. The molecular formula is C16H19N5OS2. The first-order chi connectivity index (χ1) is 11.7. The molecule has 0 fully saturated rings. The van der Waals surface area contributed by atoms with Gasteiger partial charge in [0.05, 0.1) is 5.75 Å². The highest BCUT2D eigenvalue weighted by Crippen LogP contribution is 2.31. The zero-order chi connectivity index (χ0) is 16.9. The van der Waals surface area contributed by atoms with E-state index in [0.29, 0.717) is 11.6 Å². The van der Waals surface area contributed by atoms with E-state index in [9.17, 15) is 0 Å². The predicted molar refractivity (Wildman–Crippen MR) is 97.0 cm³/mol. The van der Waals surface area contributed by atoms with Gasteiger partial charge in [-0.1, -0.05) is 60.3 Å². The number of thioether (sulfide) groups is 1. The summed E-state index contributed by atoms with van der Waals surface area (Å²) in [5.74, 6) is 1.96. The lowest BCUT2D eigenvalue weighted by Gasteiger charge is -2.11. The number of rotatable bonds is 7. The molecule has 8 heteroatoms. The summed E-state index contributed by atoms with van der Waals surface area (Å²) >= 11 is 3.08. The first-order valence-electron chi connectivity index (χ1n) is 7.82. The molecule has 2 aromatic heterocycles. The monoisotopic (exact) mass is 361 g/mol. The summed E-state index contributed by atoms with van der Waals surface area (Å²) in [4.78, 5) is 4.29. The maximum Gasteiger partial charge on any atom is 0.237 e. The van der Waals surface area contributed by atoms with Crippen molar-refractivity contribution in [2.45, 2.75) is 43.7 Å². The maximum absolute atomic E-state index is 5.18. The predicted octanol–water partition coefficient (Wildman–Crippen LogP) is 4.39. The van der Waals surface area contributed by atoms with Crippen LogP contribution in [0.4, 0.5) is 10.8 Å². The van der Waals surface area contributed by atoms with Crippen molar-refractivity contribution in [3.8, 4) is 0 Å². The molecule has 0 bridgehead atoms. The molecular weight excluding hydrogens is 342 g/mol. The Hall–Kier alpha value is -1.93. The highest BCUT2D eigenvalue weighted by atomic mass is 32.2. The molecule has 0 atom stereocenters. The maximum atomic E-state index is 5.18. The van der Waals surface area contributed by atoms with Crippen LogP contribution in [0.15, 0.2) is 27.1 Å². The Kier molecular flexibility index (Phi) is 5.47. The molecule has 2 heterocycles. The molecule has 0 aliphatic carbocycles. The molecule has 3 rings (SSSR count). The number of para-hydroxylation sites is 1. The molecule has 0 unspecified atom stereocenters. The Morgan fingerprint density at radius 3 is 2.83 bits per heavy atom. The normalized spacial score (nSPS) is 11.0. The summed E-state index contributed by atoms with van der Waals surface area (Å²) < 4.78 is 6.06. The third kappa shape index (κ3) is 3.93. The van der Waals surface area contributed by atoms with Gasteiger partial charge in [0, 0.05) is 12.1 Å². The average Bonchev–Trinajstić information content (AvgIpc) is 3.23. The number of anilines is 2. The number of aryl methyl sites for hydroxylation is 3. The van der Waals surface area contributed by atoms with Crippen LogP contribution in [0.3, 0.4) is 0 Å². The van der Waals surface area contributed by atoms with Crippen molar-refractivity contribution < 1.29 is 4.52 Å². The second-order valence-electron chi connectivity index (χ2n) is 5.21. The first-order valence-corrected chi connectivity index (χ1v) is 9.63. The first kappa shape index (κ1) is 16.9. The Balaban J connectivity index is 1.65. The van der Waals surface area contributed by atoms with Gasteiger partial charge < -0.3 is 9.84 Å². The standard InChI is InChI=1S/C16H19N5OS2/c1-4-11-8-6-7-10(3)14(11)18-15-19-20-16(24-15)23-9-13-17-12(5-2)21-22-13/h6-8H,4-5,9H2,1-3H3,(H,18,19). The number of nitrogens with zero attached hydrogens (tertiary/aromatic N) is 4. The third-order valence-electron chi connectivity index (χ3n) is 3.52. The molecule has 126 valence electrons. The zero-order valence-corrected chi connectivity index (χ0v) is 15.5. The third-order valence-corrected chi connectivity index (χ3v) is 5.48. The summed E-state index contributed by atoms with van der Waals surface area (Å²) in [7, 11) is 0. The van der Waals surface area contributed by atoms with Gasteiger partial charge in [0.25, 0.3) is 0 Å². The van der Waals surface area contributed by atoms with E-state index in [0.717, 1.165) is 33.8 Å². The van der Waals surface area contributed by atoms with Crippen LogP contribution in [0.5, 0.6) is 0 Å². The van der Waals surface area contributed by atoms with Crippen LogP contribution in [0.2, 0.25) is 0 Å². The fourth-order valence-corrected chi connectivity index (χ4v) is 3.84. The van der Waals surface area contributed by atoms with Gasteiger partial charge in [-0.2, -0.15) is 4.98 Å². The topological polar surface area (TPSA) is 76.7 Å². The van der Waals surface area contributed by atoms with Crippen molar-refractivity contribution >= 4 is 33.9 Å².